The Labute approximate surface area is 122 Å². The maximum atomic E-state index is 5.65. The van der Waals surface area contributed by atoms with Crippen LogP contribution in [-0.2, 0) is 5.75 Å². The van der Waals surface area contributed by atoms with E-state index in [1.54, 1.807) is 0 Å². The summed E-state index contributed by atoms with van der Waals surface area (Å²) >= 11 is 1.82. The van der Waals surface area contributed by atoms with Gasteiger partial charge < -0.3 is 9.72 Å². The number of thioether (sulfide) groups is 1. The Hall–Kier alpha value is -1.94. The van der Waals surface area contributed by atoms with Gasteiger partial charge in [0.2, 0.25) is 0 Å². The van der Waals surface area contributed by atoms with Gasteiger partial charge in [-0.3, -0.25) is 0 Å². The van der Waals surface area contributed by atoms with Crippen LogP contribution in [0.5, 0.6) is 5.75 Å². The number of ether oxygens (including phenoxy) is 1. The van der Waals surface area contributed by atoms with E-state index in [0.717, 1.165) is 40.7 Å². The molecular formula is C16H16N2OS. The van der Waals surface area contributed by atoms with E-state index >= 15 is 0 Å². The first-order chi connectivity index (χ1) is 9.92. The molecule has 2 aromatic carbocycles. The monoisotopic (exact) mass is 284 g/mol. The molecule has 0 fully saturated rings. The Balaban J connectivity index is 1.43. The van der Waals surface area contributed by atoms with Crippen LogP contribution in [0.15, 0.2) is 54.6 Å². The van der Waals surface area contributed by atoms with Gasteiger partial charge in [-0.05, 0) is 24.3 Å². The molecule has 0 aliphatic heterocycles. The molecule has 102 valence electrons. The third-order valence-corrected chi connectivity index (χ3v) is 3.85. The number of hydrogen-bond donors (Lipinski definition) is 1. The van der Waals surface area contributed by atoms with Crippen LogP contribution in [-0.4, -0.2) is 22.3 Å². The maximum Gasteiger partial charge on any atom is 0.119 e. The number of H-pyrrole nitrogens is 1. The van der Waals surface area contributed by atoms with E-state index in [0.29, 0.717) is 0 Å². The first-order valence-electron chi connectivity index (χ1n) is 6.61. The van der Waals surface area contributed by atoms with Crippen molar-refractivity contribution in [3.05, 3.63) is 60.4 Å². The molecule has 0 aliphatic rings. The number of rotatable bonds is 6. The summed E-state index contributed by atoms with van der Waals surface area (Å²) in [6, 6.07) is 18.0. The summed E-state index contributed by atoms with van der Waals surface area (Å²) < 4.78 is 5.65. The fraction of sp³-hybridized carbons (Fsp3) is 0.188. The van der Waals surface area contributed by atoms with Crippen molar-refractivity contribution >= 4 is 22.8 Å². The van der Waals surface area contributed by atoms with Crippen molar-refractivity contribution < 1.29 is 4.74 Å². The van der Waals surface area contributed by atoms with Crippen molar-refractivity contribution in [1.29, 1.82) is 0 Å². The van der Waals surface area contributed by atoms with Crippen molar-refractivity contribution in [2.45, 2.75) is 5.75 Å². The number of imidazole rings is 1. The molecule has 20 heavy (non-hydrogen) atoms. The zero-order valence-electron chi connectivity index (χ0n) is 11.1. The average molecular weight is 284 g/mol. The number of nitrogens with zero attached hydrogens (tertiary/aromatic N) is 1. The molecule has 1 heterocycles. The molecule has 0 saturated carbocycles. The molecule has 0 amide bonds. The van der Waals surface area contributed by atoms with E-state index in [1.165, 1.54) is 0 Å². The molecule has 1 N–H and O–H groups in total. The first kappa shape index (κ1) is 13.1. The average Bonchev–Trinajstić information content (AvgIpc) is 2.90. The largest absolute Gasteiger partial charge is 0.493 e. The Bertz CT molecular complexity index is 633. The van der Waals surface area contributed by atoms with Gasteiger partial charge in [-0.2, -0.15) is 11.8 Å². The molecule has 3 rings (SSSR count). The molecule has 0 unspecified atom stereocenters. The van der Waals surface area contributed by atoms with Crippen LogP contribution < -0.4 is 4.74 Å². The lowest BCUT2D eigenvalue weighted by Gasteiger charge is -2.04. The van der Waals surface area contributed by atoms with Crippen LogP contribution in [0.4, 0.5) is 0 Å². The Morgan fingerprint density at radius 3 is 2.65 bits per heavy atom. The van der Waals surface area contributed by atoms with Gasteiger partial charge in [0, 0.05) is 5.75 Å². The summed E-state index contributed by atoms with van der Waals surface area (Å²) in [5.41, 5.74) is 2.13. The van der Waals surface area contributed by atoms with Gasteiger partial charge in [-0.1, -0.05) is 30.3 Å². The number of nitrogens with one attached hydrogen (secondary N) is 1. The van der Waals surface area contributed by atoms with Crippen LogP contribution in [0.2, 0.25) is 0 Å². The SMILES string of the molecule is c1ccc(OCCSCc2nc3ccccc3[nH]2)cc1. The van der Waals surface area contributed by atoms with Crippen LogP contribution in [0.3, 0.4) is 0 Å². The molecular weight excluding hydrogens is 268 g/mol. The van der Waals surface area contributed by atoms with Gasteiger partial charge in [0.25, 0.3) is 0 Å². The summed E-state index contributed by atoms with van der Waals surface area (Å²) in [4.78, 5) is 7.88. The van der Waals surface area contributed by atoms with E-state index < -0.39 is 0 Å². The highest BCUT2D eigenvalue weighted by molar-refractivity contribution is 7.98. The maximum absolute atomic E-state index is 5.65. The number of aromatic amines is 1. The molecule has 0 radical (unpaired) electrons. The Morgan fingerprint density at radius 1 is 1.00 bits per heavy atom. The highest BCUT2D eigenvalue weighted by atomic mass is 32.2. The molecule has 1 aromatic heterocycles. The van der Waals surface area contributed by atoms with Crippen molar-refractivity contribution in [2.24, 2.45) is 0 Å². The summed E-state index contributed by atoms with van der Waals surface area (Å²) in [5, 5.41) is 0. The number of benzene rings is 2. The normalized spacial score (nSPS) is 10.8. The van der Waals surface area contributed by atoms with E-state index in [4.69, 9.17) is 4.74 Å². The van der Waals surface area contributed by atoms with Crippen LogP contribution in [0.25, 0.3) is 11.0 Å². The second-order valence-corrected chi connectivity index (χ2v) is 5.52. The Morgan fingerprint density at radius 2 is 1.80 bits per heavy atom. The number of hydrogen-bond acceptors (Lipinski definition) is 3. The van der Waals surface area contributed by atoms with Crippen LogP contribution in [0, 0.1) is 0 Å². The third kappa shape index (κ3) is 3.33. The molecule has 3 nitrogen and oxygen atoms in total. The fourth-order valence-electron chi connectivity index (χ4n) is 1.98. The summed E-state index contributed by atoms with van der Waals surface area (Å²) in [6.45, 7) is 0.717. The predicted octanol–water partition coefficient (Wildman–Crippen LogP) is 3.88. The first-order valence-corrected chi connectivity index (χ1v) is 7.76. The van der Waals surface area contributed by atoms with E-state index in [9.17, 15) is 0 Å². The lowest BCUT2D eigenvalue weighted by molar-refractivity contribution is 0.344. The van der Waals surface area contributed by atoms with E-state index in [1.807, 2.05) is 60.3 Å². The second kappa shape index (κ2) is 6.48. The summed E-state index contributed by atoms with van der Waals surface area (Å²) in [5.74, 6) is 3.78. The standard InChI is InChI=1S/C16H16N2OS/c1-2-6-13(7-3-1)19-10-11-20-12-16-17-14-8-4-5-9-15(14)18-16/h1-9H,10-12H2,(H,17,18). The third-order valence-electron chi connectivity index (χ3n) is 2.92. The van der Waals surface area contributed by atoms with Crippen molar-refractivity contribution in [3.8, 4) is 5.75 Å². The molecule has 4 heteroatoms. The number of fused-ring (bicyclic) bond motifs is 1. The minimum atomic E-state index is 0.717. The minimum absolute atomic E-state index is 0.717. The predicted molar refractivity (Wildman–Crippen MR) is 84.2 cm³/mol. The number of para-hydroxylation sites is 3. The van der Waals surface area contributed by atoms with Gasteiger partial charge in [-0.15, -0.1) is 0 Å². The molecule has 0 bridgehead atoms. The summed E-state index contributed by atoms with van der Waals surface area (Å²) in [6.07, 6.45) is 0. The zero-order valence-corrected chi connectivity index (χ0v) is 11.9. The lowest BCUT2D eigenvalue weighted by Crippen LogP contribution is -2.00. The highest BCUT2D eigenvalue weighted by Crippen LogP contribution is 2.15. The van der Waals surface area contributed by atoms with Gasteiger partial charge in [-0.25, -0.2) is 4.98 Å². The van der Waals surface area contributed by atoms with Crippen molar-refractivity contribution in [2.75, 3.05) is 12.4 Å². The topological polar surface area (TPSA) is 37.9 Å². The smallest absolute Gasteiger partial charge is 0.119 e. The molecule has 3 aromatic rings. The molecule has 0 saturated heterocycles. The molecule has 0 atom stereocenters. The van der Waals surface area contributed by atoms with Crippen LogP contribution in [0.1, 0.15) is 5.82 Å². The van der Waals surface area contributed by atoms with Crippen molar-refractivity contribution in [3.63, 3.8) is 0 Å². The highest BCUT2D eigenvalue weighted by Gasteiger charge is 2.01. The fourth-order valence-corrected chi connectivity index (χ4v) is 2.65. The molecule has 0 spiro atoms. The van der Waals surface area contributed by atoms with Gasteiger partial charge >= 0.3 is 0 Å². The molecule has 0 aliphatic carbocycles. The van der Waals surface area contributed by atoms with Crippen molar-refractivity contribution in [1.82, 2.24) is 9.97 Å². The lowest BCUT2D eigenvalue weighted by atomic mass is 10.3. The summed E-state index contributed by atoms with van der Waals surface area (Å²) in [7, 11) is 0. The van der Waals surface area contributed by atoms with Gasteiger partial charge in [0.15, 0.2) is 0 Å². The Kier molecular flexibility index (Phi) is 4.23. The van der Waals surface area contributed by atoms with E-state index in [2.05, 4.69) is 16.0 Å². The quantitative estimate of drug-likeness (QED) is 0.698. The zero-order chi connectivity index (χ0) is 13.6. The second-order valence-electron chi connectivity index (χ2n) is 4.41. The van der Waals surface area contributed by atoms with Gasteiger partial charge in [0.05, 0.1) is 23.4 Å². The van der Waals surface area contributed by atoms with Crippen LogP contribution >= 0.6 is 11.8 Å². The number of aromatic nitrogens is 2. The minimum Gasteiger partial charge on any atom is -0.493 e. The van der Waals surface area contributed by atoms with E-state index in [-0.39, 0.29) is 0 Å². The van der Waals surface area contributed by atoms with Gasteiger partial charge in [0.1, 0.15) is 11.6 Å².